The van der Waals surface area contributed by atoms with Gasteiger partial charge in [0.2, 0.25) is 0 Å². The molecule has 2 nitrogen and oxygen atoms in total. The average molecular weight is 338 g/mol. The third-order valence-corrected chi connectivity index (χ3v) is 4.39. The number of fused-ring (bicyclic) bond motifs is 2. The first kappa shape index (κ1) is 12.9. The number of nitrogens with one attached hydrogen (secondary N) is 1. The van der Waals surface area contributed by atoms with Crippen molar-refractivity contribution in [2.75, 3.05) is 12.4 Å². The van der Waals surface area contributed by atoms with E-state index in [-0.39, 0.29) is 0 Å². The van der Waals surface area contributed by atoms with Crippen molar-refractivity contribution in [1.82, 2.24) is 4.98 Å². The molecule has 0 spiro atoms. The largest absolute Gasteiger partial charge is 0.387 e. The lowest BCUT2D eigenvalue weighted by Crippen LogP contribution is -2.01. The summed E-state index contributed by atoms with van der Waals surface area (Å²) in [5.74, 6) is 0. The summed E-state index contributed by atoms with van der Waals surface area (Å²) >= 11 is 9.76. The van der Waals surface area contributed by atoms with Gasteiger partial charge in [0, 0.05) is 29.8 Å². The van der Waals surface area contributed by atoms with Gasteiger partial charge in [-0.05, 0) is 57.6 Å². The molecule has 1 aromatic heterocycles. The van der Waals surface area contributed by atoms with Crippen molar-refractivity contribution in [1.29, 1.82) is 0 Å². The second-order valence-electron chi connectivity index (χ2n) is 4.75. The van der Waals surface area contributed by atoms with Gasteiger partial charge in [0.1, 0.15) is 0 Å². The highest BCUT2D eigenvalue weighted by Crippen LogP contribution is 2.33. The predicted molar refractivity (Wildman–Crippen MR) is 83.1 cm³/mol. The van der Waals surface area contributed by atoms with Crippen LogP contribution in [-0.4, -0.2) is 12.0 Å². The molecule has 0 saturated heterocycles. The Morgan fingerprint density at radius 1 is 1.26 bits per heavy atom. The molecule has 1 aromatic carbocycles. The zero-order chi connectivity index (χ0) is 13.4. The van der Waals surface area contributed by atoms with Crippen LogP contribution >= 0.6 is 27.5 Å². The summed E-state index contributed by atoms with van der Waals surface area (Å²) in [5, 5.41) is 4.02. The molecule has 0 fully saturated rings. The molecular formula is C15H14BrClN2. The van der Waals surface area contributed by atoms with Crippen LogP contribution in [0, 0.1) is 0 Å². The Morgan fingerprint density at radius 2 is 2.11 bits per heavy atom. The SMILES string of the molecule is CNc1c(Cl)ccc2c1CCc1cc(Br)cnc1C2. The van der Waals surface area contributed by atoms with E-state index in [1.807, 2.05) is 19.3 Å². The number of rotatable bonds is 1. The van der Waals surface area contributed by atoms with Gasteiger partial charge in [0.25, 0.3) is 0 Å². The zero-order valence-electron chi connectivity index (χ0n) is 10.6. The number of nitrogens with zero attached hydrogens (tertiary/aromatic N) is 1. The van der Waals surface area contributed by atoms with E-state index in [1.54, 1.807) is 0 Å². The van der Waals surface area contributed by atoms with Crippen molar-refractivity contribution in [3.8, 4) is 0 Å². The van der Waals surface area contributed by atoms with Crippen molar-refractivity contribution < 1.29 is 0 Å². The second kappa shape index (κ2) is 5.14. The van der Waals surface area contributed by atoms with Crippen molar-refractivity contribution in [3.63, 3.8) is 0 Å². The molecule has 0 radical (unpaired) electrons. The lowest BCUT2D eigenvalue weighted by molar-refractivity contribution is 0.950. The van der Waals surface area contributed by atoms with Gasteiger partial charge in [-0.25, -0.2) is 0 Å². The van der Waals surface area contributed by atoms with E-state index in [0.717, 1.165) is 34.4 Å². The first-order valence-corrected chi connectivity index (χ1v) is 7.47. The number of hydrogen-bond acceptors (Lipinski definition) is 2. The smallest absolute Gasteiger partial charge is 0.0640 e. The minimum Gasteiger partial charge on any atom is -0.387 e. The Labute approximate surface area is 126 Å². The molecule has 2 aromatic rings. The quantitative estimate of drug-likeness (QED) is 0.842. The molecule has 98 valence electrons. The van der Waals surface area contributed by atoms with E-state index < -0.39 is 0 Å². The molecule has 0 bridgehead atoms. The van der Waals surface area contributed by atoms with Gasteiger partial charge in [0.05, 0.1) is 10.7 Å². The summed E-state index contributed by atoms with van der Waals surface area (Å²) in [6, 6.07) is 6.27. The third kappa shape index (κ3) is 2.37. The highest BCUT2D eigenvalue weighted by Gasteiger charge is 2.18. The van der Waals surface area contributed by atoms with Gasteiger partial charge in [0.15, 0.2) is 0 Å². The fraction of sp³-hybridized carbons (Fsp3) is 0.267. The minimum atomic E-state index is 0.793. The van der Waals surface area contributed by atoms with E-state index in [1.165, 1.54) is 22.4 Å². The Balaban J connectivity index is 2.10. The molecule has 19 heavy (non-hydrogen) atoms. The molecule has 4 heteroatoms. The van der Waals surface area contributed by atoms with Gasteiger partial charge < -0.3 is 5.32 Å². The molecule has 0 atom stereocenters. The number of aryl methyl sites for hydroxylation is 1. The molecule has 1 aliphatic rings. The Morgan fingerprint density at radius 3 is 2.89 bits per heavy atom. The molecule has 0 unspecified atom stereocenters. The number of halogens is 2. The van der Waals surface area contributed by atoms with E-state index in [2.05, 4.69) is 38.4 Å². The maximum absolute atomic E-state index is 6.27. The van der Waals surface area contributed by atoms with Crippen LogP contribution in [0.2, 0.25) is 5.02 Å². The van der Waals surface area contributed by atoms with Gasteiger partial charge in [-0.15, -0.1) is 0 Å². The molecule has 1 heterocycles. The van der Waals surface area contributed by atoms with Crippen molar-refractivity contribution in [2.24, 2.45) is 0 Å². The van der Waals surface area contributed by atoms with Crippen LogP contribution in [0.15, 0.2) is 28.9 Å². The van der Waals surface area contributed by atoms with Crippen molar-refractivity contribution in [2.45, 2.75) is 19.3 Å². The van der Waals surface area contributed by atoms with Crippen molar-refractivity contribution >= 4 is 33.2 Å². The lowest BCUT2D eigenvalue weighted by atomic mass is 10.0. The molecule has 3 rings (SSSR count). The minimum absolute atomic E-state index is 0.793. The normalized spacial score (nSPS) is 13.4. The van der Waals surface area contributed by atoms with Crippen LogP contribution in [0.5, 0.6) is 0 Å². The predicted octanol–water partition coefficient (Wildman–Crippen LogP) is 4.23. The second-order valence-corrected chi connectivity index (χ2v) is 6.07. The van der Waals surface area contributed by atoms with Crippen LogP contribution in [-0.2, 0) is 19.3 Å². The maximum atomic E-state index is 6.27. The summed E-state index contributed by atoms with van der Waals surface area (Å²) < 4.78 is 1.05. The average Bonchev–Trinajstić information content (AvgIpc) is 2.58. The number of aromatic nitrogens is 1. The monoisotopic (exact) mass is 336 g/mol. The highest BCUT2D eigenvalue weighted by molar-refractivity contribution is 9.10. The van der Waals surface area contributed by atoms with Gasteiger partial charge in [-0.3, -0.25) is 4.98 Å². The molecule has 0 saturated carbocycles. The maximum Gasteiger partial charge on any atom is 0.0640 e. The molecule has 1 aliphatic carbocycles. The first-order valence-electron chi connectivity index (χ1n) is 6.30. The topological polar surface area (TPSA) is 24.9 Å². The summed E-state index contributed by atoms with van der Waals surface area (Å²) in [6.07, 6.45) is 4.75. The lowest BCUT2D eigenvalue weighted by Gasteiger charge is -2.13. The molecule has 1 N–H and O–H groups in total. The fourth-order valence-corrected chi connectivity index (χ4v) is 3.36. The summed E-state index contributed by atoms with van der Waals surface area (Å²) in [5.41, 5.74) is 6.20. The van der Waals surface area contributed by atoms with Crippen LogP contribution in [0.4, 0.5) is 5.69 Å². The van der Waals surface area contributed by atoms with Gasteiger partial charge in [-0.1, -0.05) is 17.7 Å². The van der Waals surface area contributed by atoms with E-state index in [0.29, 0.717) is 0 Å². The highest BCUT2D eigenvalue weighted by atomic mass is 79.9. The Bertz CT molecular complexity index is 640. The van der Waals surface area contributed by atoms with Crippen molar-refractivity contribution in [3.05, 3.63) is 56.3 Å². The van der Waals surface area contributed by atoms with Gasteiger partial charge >= 0.3 is 0 Å². The fourth-order valence-electron chi connectivity index (χ4n) is 2.71. The van der Waals surface area contributed by atoms with E-state index in [4.69, 9.17) is 11.6 Å². The van der Waals surface area contributed by atoms with E-state index >= 15 is 0 Å². The number of benzene rings is 1. The Kier molecular flexibility index (Phi) is 3.50. The zero-order valence-corrected chi connectivity index (χ0v) is 13.0. The first-order chi connectivity index (χ1) is 9.19. The third-order valence-electron chi connectivity index (χ3n) is 3.64. The standard InChI is InChI=1S/C15H14BrClN2/c1-18-15-12-4-2-10-6-11(16)8-19-14(10)7-9(12)3-5-13(15)17/h3,5-6,8,18H,2,4,7H2,1H3. The van der Waals surface area contributed by atoms with Crippen LogP contribution in [0.25, 0.3) is 0 Å². The summed E-state index contributed by atoms with van der Waals surface area (Å²) in [7, 11) is 1.92. The molecule has 0 amide bonds. The van der Waals surface area contributed by atoms with Crippen LogP contribution in [0.3, 0.4) is 0 Å². The number of anilines is 1. The molecule has 0 aliphatic heterocycles. The summed E-state index contributed by atoms with van der Waals surface area (Å²) in [6.45, 7) is 0. The van der Waals surface area contributed by atoms with Crippen LogP contribution < -0.4 is 5.32 Å². The van der Waals surface area contributed by atoms with E-state index in [9.17, 15) is 0 Å². The molecular weight excluding hydrogens is 324 g/mol. The number of hydrogen-bond donors (Lipinski definition) is 1. The number of pyridine rings is 1. The Hall–Kier alpha value is -1.06. The van der Waals surface area contributed by atoms with Crippen LogP contribution in [0.1, 0.15) is 22.4 Å². The van der Waals surface area contributed by atoms with Gasteiger partial charge in [-0.2, -0.15) is 0 Å². The summed E-state index contributed by atoms with van der Waals surface area (Å²) in [4.78, 5) is 4.56.